The molecule has 0 rings (SSSR count). The molecular formula is C42H83NO5. The van der Waals surface area contributed by atoms with Gasteiger partial charge in [-0.25, -0.2) is 0 Å². The van der Waals surface area contributed by atoms with Gasteiger partial charge in [0.25, 0.3) is 0 Å². The maximum absolute atomic E-state index is 12.6. The van der Waals surface area contributed by atoms with E-state index in [2.05, 4.69) is 20.8 Å². The number of esters is 2. The molecule has 0 saturated carbocycles. The number of rotatable bonds is 39. The zero-order chi connectivity index (χ0) is 35.2. The molecule has 0 aromatic carbocycles. The molecule has 48 heavy (non-hydrogen) atoms. The van der Waals surface area contributed by atoms with Gasteiger partial charge in [0, 0.05) is 25.9 Å². The third kappa shape index (κ3) is 36.1. The third-order valence-corrected chi connectivity index (χ3v) is 9.66. The largest absolute Gasteiger partial charge is 0.466 e. The maximum atomic E-state index is 12.6. The summed E-state index contributed by atoms with van der Waals surface area (Å²) in [6, 6.07) is 0. The van der Waals surface area contributed by atoms with Crippen LogP contribution in [0, 0.1) is 0 Å². The van der Waals surface area contributed by atoms with Gasteiger partial charge < -0.3 is 14.7 Å². The van der Waals surface area contributed by atoms with Crippen molar-refractivity contribution in [2.75, 3.05) is 19.7 Å². The van der Waals surface area contributed by atoms with Gasteiger partial charge in [-0.1, -0.05) is 162 Å². The second-order valence-electron chi connectivity index (χ2n) is 14.6. The van der Waals surface area contributed by atoms with Gasteiger partial charge >= 0.3 is 11.9 Å². The smallest absolute Gasteiger partial charge is 0.306 e. The van der Waals surface area contributed by atoms with Crippen molar-refractivity contribution in [1.82, 2.24) is 5.06 Å². The molecule has 0 atom stereocenters. The van der Waals surface area contributed by atoms with E-state index in [1.165, 1.54) is 114 Å². The predicted molar refractivity (Wildman–Crippen MR) is 204 cm³/mol. The lowest BCUT2D eigenvalue weighted by Gasteiger charge is -2.18. The van der Waals surface area contributed by atoms with Crippen molar-refractivity contribution in [3.8, 4) is 0 Å². The fourth-order valence-electron chi connectivity index (χ4n) is 6.43. The molecule has 0 amide bonds. The van der Waals surface area contributed by atoms with Gasteiger partial charge in [-0.2, -0.15) is 5.06 Å². The Hall–Kier alpha value is -1.14. The quantitative estimate of drug-likeness (QED) is 0.0395. The zero-order valence-corrected chi connectivity index (χ0v) is 32.6. The van der Waals surface area contributed by atoms with Crippen LogP contribution in [0.4, 0.5) is 0 Å². The Bertz CT molecular complexity index is 656. The minimum absolute atomic E-state index is 0.00256. The lowest BCUT2D eigenvalue weighted by molar-refractivity contribution is -0.150. The Balaban J connectivity index is 3.75. The zero-order valence-electron chi connectivity index (χ0n) is 32.6. The molecule has 0 spiro atoms. The Morgan fingerprint density at radius 1 is 0.458 bits per heavy atom. The van der Waals surface area contributed by atoms with E-state index in [0.29, 0.717) is 32.5 Å². The number of hydrogen-bond acceptors (Lipinski definition) is 6. The molecule has 0 aliphatic rings. The molecule has 286 valence electrons. The van der Waals surface area contributed by atoms with Gasteiger partial charge in [-0.15, -0.1) is 0 Å². The lowest BCUT2D eigenvalue weighted by atomic mass is 10.0. The average Bonchev–Trinajstić information content (AvgIpc) is 3.07. The molecule has 0 aliphatic heterocycles. The monoisotopic (exact) mass is 682 g/mol. The molecule has 0 unspecified atom stereocenters. The van der Waals surface area contributed by atoms with E-state index in [4.69, 9.17) is 9.47 Å². The van der Waals surface area contributed by atoms with Crippen LogP contribution in [-0.4, -0.2) is 48.0 Å². The van der Waals surface area contributed by atoms with Gasteiger partial charge in [0.05, 0.1) is 6.61 Å². The summed E-state index contributed by atoms with van der Waals surface area (Å²) in [5.41, 5.74) is 0. The highest BCUT2D eigenvalue weighted by molar-refractivity contribution is 5.69. The SMILES string of the molecule is CCCCCCCCCOC(=O)CCCCCCCN(O)CCCCCCCC(=O)OC(CCCCCCCC)CCCCCCCC. The van der Waals surface area contributed by atoms with Gasteiger partial charge in [0.1, 0.15) is 6.10 Å². The molecule has 6 nitrogen and oxygen atoms in total. The molecule has 0 fully saturated rings. The summed E-state index contributed by atoms with van der Waals surface area (Å²) in [7, 11) is 0. The van der Waals surface area contributed by atoms with Gasteiger partial charge in [0.15, 0.2) is 0 Å². The van der Waals surface area contributed by atoms with E-state index >= 15 is 0 Å². The minimum Gasteiger partial charge on any atom is -0.466 e. The molecule has 0 aromatic rings. The summed E-state index contributed by atoms with van der Waals surface area (Å²) >= 11 is 0. The first-order valence-electron chi connectivity index (χ1n) is 21.3. The molecule has 0 saturated heterocycles. The van der Waals surface area contributed by atoms with Crippen LogP contribution in [0.5, 0.6) is 0 Å². The highest BCUT2D eigenvalue weighted by Crippen LogP contribution is 2.18. The molecule has 1 N–H and O–H groups in total. The molecule has 0 aromatic heterocycles. The summed E-state index contributed by atoms with van der Waals surface area (Å²) in [5.74, 6) is -0.0501. The number of ether oxygens (including phenoxy) is 2. The van der Waals surface area contributed by atoms with Crippen molar-refractivity contribution < 1.29 is 24.3 Å². The highest BCUT2D eigenvalue weighted by Gasteiger charge is 2.14. The molecule has 0 heterocycles. The molecule has 6 heteroatoms. The van der Waals surface area contributed by atoms with Gasteiger partial charge in [-0.3, -0.25) is 9.59 Å². The molecular weight excluding hydrogens is 598 g/mol. The third-order valence-electron chi connectivity index (χ3n) is 9.66. The number of carbonyl (C=O) groups is 2. The average molecular weight is 682 g/mol. The topological polar surface area (TPSA) is 76.1 Å². The van der Waals surface area contributed by atoms with Crippen molar-refractivity contribution in [3.63, 3.8) is 0 Å². The first kappa shape index (κ1) is 46.9. The summed E-state index contributed by atoms with van der Waals surface area (Å²) in [4.78, 5) is 24.5. The van der Waals surface area contributed by atoms with Crippen LogP contribution < -0.4 is 0 Å². The van der Waals surface area contributed by atoms with Gasteiger partial charge in [-0.05, 0) is 57.8 Å². The van der Waals surface area contributed by atoms with Crippen LogP contribution in [0.1, 0.15) is 233 Å². The number of hydrogen-bond donors (Lipinski definition) is 1. The van der Waals surface area contributed by atoms with E-state index in [1.54, 1.807) is 0 Å². The Kier molecular flexibility index (Phi) is 37.7. The fourth-order valence-corrected chi connectivity index (χ4v) is 6.43. The predicted octanol–water partition coefficient (Wildman–Crippen LogP) is 13.1. The number of carbonyl (C=O) groups excluding carboxylic acids is 2. The molecule has 0 radical (unpaired) electrons. The van der Waals surface area contributed by atoms with Crippen LogP contribution in [0.2, 0.25) is 0 Å². The Labute approximate surface area is 299 Å². The van der Waals surface area contributed by atoms with E-state index in [9.17, 15) is 14.8 Å². The number of unbranched alkanes of at least 4 members (excludes halogenated alkanes) is 24. The van der Waals surface area contributed by atoms with Crippen LogP contribution in [-0.2, 0) is 19.1 Å². The summed E-state index contributed by atoms with van der Waals surface area (Å²) < 4.78 is 11.3. The van der Waals surface area contributed by atoms with E-state index in [-0.39, 0.29) is 18.0 Å². The normalized spacial score (nSPS) is 11.5. The van der Waals surface area contributed by atoms with Gasteiger partial charge in [0.2, 0.25) is 0 Å². The van der Waals surface area contributed by atoms with Crippen molar-refractivity contribution in [3.05, 3.63) is 0 Å². The first-order chi connectivity index (χ1) is 23.5. The van der Waals surface area contributed by atoms with Crippen molar-refractivity contribution in [2.24, 2.45) is 0 Å². The van der Waals surface area contributed by atoms with Crippen molar-refractivity contribution in [2.45, 2.75) is 239 Å². The second kappa shape index (κ2) is 38.7. The van der Waals surface area contributed by atoms with E-state index in [1.807, 2.05) is 0 Å². The van der Waals surface area contributed by atoms with Crippen LogP contribution >= 0.6 is 0 Å². The molecule has 0 aliphatic carbocycles. The number of nitrogens with zero attached hydrogens (tertiary/aromatic N) is 1. The first-order valence-corrected chi connectivity index (χ1v) is 21.3. The lowest BCUT2D eigenvalue weighted by Crippen LogP contribution is -2.21. The van der Waals surface area contributed by atoms with Crippen LogP contribution in [0.15, 0.2) is 0 Å². The summed E-state index contributed by atoms with van der Waals surface area (Å²) in [6.07, 6.45) is 37.5. The highest BCUT2D eigenvalue weighted by atomic mass is 16.5. The van der Waals surface area contributed by atoms with Crippen molar-refractivity contribution in [1.29, 1.82) is 0 Å². The van der Waals surface area contributed by atoms with Crippen LogP contribution in [0.25, 0.3) is 0 Å². The van der Waals surface area contributed by atoms with Crippen molar-refractivity contribution >= 4 is 11.9 Å². The van der Waals surface area contributed by atoms with E-state index in [0.717, 1.165) is 89.9 Å². The maximum Gasteiger partial charge on any atom is 0.306 e. The number of hydroxylamine groups is 2. The molecule has 0 bridgehead atoms. The fraction of sp³-hybridized carbons (Fsp3) is 0.952. The second-order valence-corrected chi connectivity index (χ2v) is 14.6. The summed E-state index contributed by atoms with van der Waals surface area (Å²) in [6.45, 7) is 8.75. The standard InChI is InChI=1S/C42H83NO5/c1-4-7-10-13-16-25-32-39-47-41(44)35-28-21-17-23-30-37-43(46)38-31-24-18-22-29-36-42(45)48-40(33-26-19-14-11-8-5-2)34-27-20-15-12-9-6-3/h40,46H,4-39H2,1-3H3. The Morgan fingerprint density at radius 3 is 1.27 bits per heavy atom. The van der Waals surface area contributed by atoms with E-state index < -0.39 is 0 Å². The summed E-state index contributed by atoms with van der Waals surface area (Å²) in [5, 5.41) is 11.7. The van der Waals surface area contributed by atoms with Crippen LogP contribution in [0.3, 0.4) is 0 Å². The minimum atomic E-state index is -0.0475. The Morgan fingerprint density at radius 2 is 0.812 bits per heavy atom.